The molecule has 1 aromatic carbocycles. The fourth-order valence-electron chi connectivity index (χ4n) is 2.63. The summed E-state index contributed by atoms with van der Waals surface area (Å²) in [5.41, 5.74) is 2.59. The summed E-state index contributed by atoms with van der Waals surface area (Å²) in [7, 11) is 3.37. The number of ether oxygens (including phenoxy) is 1. The number of aromatic amines is 1. The van der Waals surface area contributed by atoms with Crippen LogP contribution >= 0.6 is 0 Å². The lowest BCUT2D eigenvalue weighted by Gasteiger charge is -2.19. The second kappa shape index (κ2) is 6.85. The number of fused-ring (bicyclic) bond motifs is 1. The van der Waals surface area contributed by atoms with Crippen LogP contribution in [0, 0.1) is 6.92 Å². The first kappa shape index (κ1) is 15.7. The summed E-state index contributed by atoms with van der Waals surface area (Å²) in [4.78, 5) is 17.6. The average molecular weight is 290 g/mol. The standard InChI is InChI=1S/C16H22N2O3/c1-11-16(13-6-4-5-7-14(13)17-11)15(20)9-18(2)8-12(19)10-21-3/h4-7,12,17,19H,8-10H2,1-3H3. The maximum absolute atomic E-state index is 12.5. The minimum absolute atomic E-state index is 0.0528. The predicted molar refractivity (Wildman–Crippen MR) is 82.7 cm³/mol. The molecule has 0 bridgehead atoms. The van der Waals surface area contributed by atoms with Crippen molar-refractivity contribution in [1.29, 1.82) is 0 Å². The van der Waals surface area contributed by atoms with Crippen molar-refractivity contribution in [3.8, 4) is 0 Å². The molecule has 5 nitrogen and oxygen atoms in total. The van der Waals surface area contributed by atoms with Crippen LogP contribution < -0.4 is 0 Å². The summed E-state index contributed by atoms with van der Waals surface area (Å²) in [6, 6.07) is 7.79. The zero-order chi connectivity index (χ0) is 15.4. The number of aliphatic hydroxyl groups is 1. The number of para-hydroxylation sites is 1. The Morgan fingerprint density at radius 2 is 2.14 bits per heavy atom. The van der Waals surface area contributed by atoms with Crippen molar-refractivity contribution in [3.63, 3.8) is 0 Å². The van der Waals surface area contributed by atoms with Gasteiger partial charge < -0.3 is 14.8 Å². The van der Waals surface area contributed by atoms with E-state index >= 15 is 0 Å². The molecule has 0 aliphatic heterocycles. The molecule has 0 aliphatic carbocycles. The summed E-state index contributed by atoms with van der Waals surface area (Å²) in [5.74, 6) is 0.0528. The molecule has 2 aromatic rings. The fourth-order valence-corrected chi connectivity index (χ4v) is 2.63. The van der Waals surface area contributed by atoms with Gasteiger partial charge in [-0.05, 0) is 20.0 Å². The highest BCUT2D eigenvalue weighted by Crippen LogP contribution is 2.22. The lowest BCUT2D eigenvalue weighted by Crippen LogP contribution is -2.35. The highest BCUT2D eigenvalue weighted by Gasteiger charge is 2.18. The molecule has 1 heterocycles. The van der Waals surface area contributed by atoms with Gasteiger partial charge in [-0.2, -0.15) is 0 Å². The molecule has 21 heavy (non-hydrogen) atoms. The number of H-pyrrole nitrogens is 1. The van der Waals surface area contributed by atoms with E-state index in [1.807, 2.05) is 43.1 Å². The largest absolute Gasteiger partial charge is 0.389 e. The van der Waals surface area contributed by atoms with E-state index in [4.69, 9.17) is 4.74 Å². The smallest absolute Gasteiger partial charge is 0.179 e. The van der Waals surface area contributed by atoms with Crippen LogP contribution in [-0.4, -0.2) is 60.7 Å². The number of benzene rings is 1. The third-order valence-corrected chi connectivity index (χ3v) is 3.47. The third kappa shape index (κ3) is 3.69. The number of Topliss-reactive ketones (excluding diaryl/α,β-unsaturated/α-hetero) is 1. The first-order valence-corrected chi connectivity index (χ1v) is 6.99. The van der Waals surface area contributed by atoms with E-state index in [9.17, 15) is 9.90 Å². The van der Waals surface area contributed by atoms with E-state index in [0.29, 0.717) is 6.54 Å². The Morgan fingerprint density at radius 3 is 2.86 bits per heavy atom. The number of carbonyl (C=O) groups is 1. The van der Waals surface area contributed by atoms with Crippen LogP contribution in [0.25, 0.3) is 10.9 Å². The summed E-state index contributed by atoms with van der Waals surface area (Å²) < 4.78 is 4.89. The predicted octanol–water partition coefficient (Wildman–Crippen LogP) is 1.60. The van der Waals surface area contributed by atoms with Crippen LogP contribution in [0.1, 0.15) is 16.1 Å². The fraction of sp³-hybridized carbons (Fsp3) is 0.438. The number of carbonyl (C=O) groups excluding carboxylic acids is 1. The third-order valence-electron chi connectivity index (χ3n) is 3.47. The number of methoxy groups -OCH3 is 1. The highest BCUT2D eigenvalue weighted by atomic mass is 16.5. The van der Waals surface area contributed by atoms with Gasteiger partial charge in [0, 0.05) is 35.8 Å². The molecule has 0 saturated heterocycles. The molecule has 114 valence electrons. The number of hydrogen-bond donors (Lipinski definition) is 2. The van der Waals surface area contributed by atoms with Gasteiger partial charge >= 0.3 is 0 Å². The maximum atomic E-state index is 12.5. The van der Waals surface area contributed by atoms with Crippen molar-refractivity contribution in [2.45, 2.75) is 13.0 Å². The van der Waals surface area contributed by atoms with Crippen molar-refractivity contribution in [2.24, 2.45) is 0 Å². The highest BCUT2D eigenvalue weighted by molar-refractivity contribution is 6.10. The summed E-state index contributed by atoms with van der Waals surface area (Å²) in [6.45, 7) is 2.85. The van der Waals surface area contributed by atoms with E-state index in [-0.39, 0.29) is 18.9 Å². The van der Waals surface area contributed by atoms with Crippen LogP contribution in [-0.2, 0) is 4.74 Å². The van der Waals surface area contributed by atoms with Crippen LogP contribution in [0.15, 0.2) is 24.3 Å². The number of ketones is 1. The number of aromatic nitrogens is 1. The zero-order valence-corrected chi connectivity index (χ0v) is 12.7. The van der Waals surface area contributed by atoms with Crippen LogP contribution in [0.3, 0.4) is 0 Å². The molecular weight excluding hydrogens is 268 g/mol. The van der Waals surface area contributed by atoms with Crippen LogP contribution in [0.5, 0.6) is 0 Å². The molecule has 0 aliphatic rings. The van der Waals surface area contributed by atoms with E-state index in [2.05, 4.69) is 4.98 Å². The summed E-state index contributed by atoms with van der Waals surface area (Å²) in [6.07, 6.45) is -0.586. The SMILES string of the molecule is COCC(O)CN(C)CC(=O)c1c(C)[nH]c2ccccc12. The molecule has 0 fully saturated rings. The number of aliphatic hydroxyl groups excluding tert-OH is 1. The Bertz CT molecular complexity index is 621. The summed E-state index contributed by atoms with van der Waals surface area (Å²) in [5, 5.41) is 10.7. The van der Waals surface area contributed by atoms with Crippen LogP contribution in [0.4, 0.5) is 0 Å². The first-order chi connectivity index (χ1) is 10.0. The molecule has 0 spiro atoms. The number of hydrogen-bond acceptors (Lipinski definition) is 4. The minimum Gasteiger partial charge on any atom is -0.389 e. The molecule has 0 radical (unpaired) electrons. The van der Waals surface area contributed by atoms with Gasteiger partial charge in [0.2, 0.25) is 0 Å². The number of aryl methyl sites for hydroxylation is 1. The molecule has 0 saturated carbocycles. The monoisotopic (exact) mass is 290 g/mol. The number of likely N-dealkylation sites (N-methyl/N-ethyl adjacent to an activating group) is 1. The zero-order valence-electron chi connectivity index (χ0n) is 12.7. The number of nitrogens with zero attached hydrogens (tertiary/aromatic N) is 1. The van der Waals surface area contributed by atoms with Crippen molar-refractivity contribution >= 4 is 16.7 Å². The van der Waals surface area contributed by atoms with Crippen molar-refractivity contribution in [2.75, 3.05) is 33.9 Å². The Balaban J connectivity index is 2.10. The van der Waals surface area contributed by atoms with Gasteiger partial charge in [-0.1, -0.05) is 18.2 Å². The lowest BCUT2D eigenvalue weighted by molar-refractivity contribution is 0.0428. The van der Waals surface area contributed by atoms with Crippen molar-refractivity contribution in [3.05, 3.63) is 35.5 Å². The van der Waals surface area contributed by atoms with Gasteiger partial charge in [-0.3, -0.25) is 9.69 Å². The maximum Gasteiger partial charge on any atom is 0.179 e. The van der Waals surface area contributed by atoms with Crippen molar-refractivity contribution < 1.29 is 14.6 Å². The van der Waals surface area contributed by atoms with Gasteiger partial charge in [0.25, 0.3) is 0 Å². The van der Waals surface area contributed by atoms with Gasteiger partial charge in [0.1, 0.15) is 0 Å². The van der Waals surface area contributed by atoms with Gasteiger partial charge in [-0.15, -0.1) is 0 Å². The first-order valence-electron chi connectivity index (χ1n) is 6.99. The Morgan fingerprint density at radius 1 is 1.43 bits per heavy atom. The summed E-state index contributed by atoms with van der Waals surface area (Å²) >= 11 is 0. The van der Waals surface area contributed by atoms with E-state index in [1.54, 1.807) is 7.11 Å². The normalized spacial score (nSPS) is 13.0. The second-order valence-electron chi connectivity index (χ2n) is 5.40. The molecule has 0 amide bonds. The molecule has 1 aromatic heterocycles. The number of nitrogens with one attached hydrogen (secondary N) is 1. The molecule has 1 unspecified atom stereocenters. The van der Waals surface area contributed by atoms with Gasteiger partial charge in [0.15, 0.2) is 5.78 Å². The molecule has 2 rings (SSSR count). The van der Waals surface area contributed by atoms with Gasteiger partial charge in [-0.25, -0.2) is 0 Å². The Kier molecular flexibility index (Phi) is 5.12. The lowest BCUT2D eigenvalue weighted by atomic mass is 10.1. The molecule has 1 atom stereocenters. The van der Waals surface area contributed by atoms with E-state index in [0.717, 1.165) is 22.2 Å². The quantitative estimate of drug-likeness (QED) is 0.760. The average Bonchev–Trinajstić information content (AvgIpc) is 2.74. The van der Waals surface area contributed by atoms with E-state index < -0.39 is 6.10 Å². The van der Waals surface area contributed by atoms with E-state index in [1.165, 1.54) is 0 Å². The molecular formula is C16H22N2O3. The van der Waals surface area contributed by atoms with Gasteiger partial charge in [0.05, 0.1) is 19.3 Å². The van der Waals surface area contributed by atoms with Crippen molar-refractivity contribution in [1.82, 2.24) is 9.88 Å². The molecule has 5 heteroatoms. The number of rotatable bonds is 7. The van der Waals surface area contributed by atoms with Crippen LogP contribution in [0.2, 0.25) is 0 Å². The Labute approximate surface area is 124 Å². The Hall–Kier alpha value is -1.69. The topological polar surface area (TPSA) is 65.6 Å². The molecule has 2 N–H and O–H groups in total. The minimum atomic E-state index is -0.586. The second-order valence-corrected chi connectivity index (χ2v) is 5.40.